The van der Waals surface area contributed by atoms with E-state index >= 15 is 0 Å². The second-order valence-corrected chi connectivity index (χ2v) is 6.69. The first kappa shape index (κ1) is 15.4. The summed E-state index contributed by atoms with van der Waals surface area (Å²) in [6.07, 6.45) is 3.32. The molecule has 2 aliphatic rings. The van der Waals surface area contributed by atoms with Gasteiger partial charge in [-0.1, -0.05) is 23.7 Å². The standard InChI is InChI=1S/C18H19ClN4O/c19-15-6-2-1-5-14(15)18(24)23-10-8-22(9-11-23)17-12-13-4-3-7-16(13)20-21-17/h1-2,5-6,12H,3-4,7-11H2. The van der Waals surface area contributed by atoms with E-state index in [-0.39, 0.29) is 5.91 Å². The van der Waals surface area contributed by atoms with Crippen LogP contribution in [0.4, 0.5) is 5.82 Å². The summed E-state index contributed by atoms with van der Waals surface area (Å²) >= 11 is 6.14. The summed E-state index contributed by atoms with van der Waals surface area (Å²) in [4.78, 5) is 16.7. The topological polar surface area (TPSA) is 49.3 Å². The molecule has 1 aromatic carbocycles. The maximum atomic E-state index is 12.6. The summed E-state index contributed by atoms with van der Waals surface area (Å²) in [6, 6.07) is 9.38. The minimum absolute atomic E-state index is 0.000266. The number of fused-ring (bicyclic) bond motifs is 1. The maximum Gasteiger partial charge on any atom is 0.255 e. The average molecular weight is 343 g/mol. The Bertz CT molecular complexity index is 771. The number of carbonyl (C=O) groups is 1. The predicted octanol–water partition coefficient (Wildman–Crippen LogP) is 2.58. The Kier molecular flexibility index (Phi) is 4.10. The minimum Gasteiger partial charge on any atom is -0.352 e. The Morgan fingerprint density at radius 2 is 1.83 bits per heavy atom. The van der Waals surface area contributed by atoms with E-state index in [0.717, 1.165) is 37.4 Å². The lowest BCUT2D eigenvalue weighted by Crippen LogP contribution is -2.49. The van der Waals surface area contributed by atoms with E-state index in [2.05, 4.69) is 21.2 Å². The minimum atomic E-state index is 0.000266. The first-order valence-corrected chi connectivity index (χ1v) is 8.74. The van der Waals surface area contributed by atoms with Crippen LogP contribution in [0.3, 0.4) is 0 Å². The molecule has 0 atom stereocenters. The fourth-order valence-corrected chi connectivity index (χ4v) is 3.63. The van der Waals surface area contributed by atoms with Gasteiger partial charge in [0.05, 0.1) is 16.3 Å². The first-order valence-electron chi connectivity index (χ1n) is 8.36. The number of anilines is 1. The summed E-state index contributed by atoms with van der Waals surface area (Å²) in [5.41, 5.74) is 3.05. The molecule has 1 aliphatic carbocycles. The Morgan fingerprint density at radius 1 is 1.04 bits per heavy atom. The molecule has 1 amide bonds. The van der Waals surface area contributed by atoms with Crippen LogP contribution in [0.25, 0.3) is 0 Å². The van der Waals surface area contributed by atoms with Crippen LogP contribution in [0.15, 0.2) is 30.3 Å². The van der Waals surface area contributed by atoms with Crippen molar-refractivity contribution in [2.75, 3.05) is 31.1 Å². The number of amides is 1. The number of hydrogen-bond acceptors (Lipinski definition) is 4. The van der Waals surface area contributed by atoms with Crippen molar-refractivity contribution in [1.82, 2.24) is 15.1 Å². The molecule has 5 nitrogen and oxygen atoms in total. The second kappa shape index (κ2) is 6.40. The molecule has 4 rings (SSSR count). The van der Waals surface area contributed by atoms with E-state index in [4.69, 9.17) is 11.6 Å². The van der Waals surface area contributed by atoms with Gasteiger partial charge < -0.3 is 9.80 Å². The number of nitrogens with zero attached hydrogens (tertiary/aromatic N) is 4. The fourth-order valence-electron chi connectivity index (χ4n) is 3.42. The highest BCUT2D eigenvalue weighted by molar-refractivity contribution is 6.33. The summed E-state index contributed by atoms with van der Waals surface area (Å²) in [5.74, 6) is 0.931. The Balaban J connectivity index is 1.43. The number of benzene rings is 1. The summed E-state index contributed by atoms with van der Waals surface area (Å²) in [5, 5.41) is 9.23. The van der Waals surface area contributed by atoms with Gasteiger partial charge in [0.2, 0.25) is 0 Å². The van der Waals surface area contributed by atoms with Gasteiger partial charge in [0.15, 0.2) is 5.82 Å². The smallest absolute Gasteiger partial charge is 0.255 e. The van der Waals surface area contributed by atoms with Crippen molar-refractivity contribution < 1.29 is 4.79 Å². The van der Waals surface area contributed by atoms with E-state index < -0.39 is 0 Å². The number of aromatic nitrogens is 2. The van der Waals surface area contributed by atoms with Crippen LogP contribution < -0.4 is 4.90 Å². The van der Waals surface area contributed by atoms with Crippen LogP contribution in [0.5, 0.6) is 0 Å². The first-order chi connectivity index (χ1) is 11.7. The molecule has 1 aliphatic heterocycles. The Labute approximate surface area is 146 Å². The van der Waals surface area contributed by atoms with E-state index in [9.17, 15) is 4.79 Å². The molecular weight excluding hydrogens is 324 g/mol. The largest absolute Gasteiger partial charge is 0.352 e. The summed E-state index contributed by atoms with van der Waals surface area (Å²) in [7, 11) is 0. The number of aryl methyl sites for hydroxylation is 2. The lowest BCUT2D eigenvalue weighted by atomic mass is 10.1. The van der Waals surface area contributed by atoms with Crippen LogP contribution >= 0.6 is 11.6 Å². The molecule has 2 heterocycles. The van der Waals surface area contributed by atoms with Gasteiger partial charge in [-0.05, 0) is 43.0 Å². The van der Waals surface area contributed by atoms with E-state index in [1.807, 2.05) is 17.0 Å². The summed E-state index contributed by atoms with van der Waals surface area (Å²) < 4.78 is 0. The van der Waals surface area contributed by atoms with Gasteiger partial charge in [-0.3, -0.25) is 4.79 Å². The molecule has 0 bridgehead atoms. The van der Waals surface area contributed by atoms with Crippen LogP contribution in [-0.2, 0) is 12.8 Å². The van der Waals surface area contributed by atoms with Crippen molar-refractivity contribution >= 4 is 23.3 Å². The lowest BCUT2D eigenvalue weighted by Gasteiger charge is -2.35. The predicted molar refractivity (Wildman–Crippen MR) is 93.6 cm³/mol. The maximum absolute atomic E-state index is 12.6. The molecule has 2 aromatic rings. The zero-order valence-electron chi connectivity index (χ0n) is 13.4. The highest BCUT2D eigenvalue weighted by Gasteiger charge is 2.25. The molecule has 0 unspecified atom stereocenters. The third-order valence-corrected chi connectivity index (χ3v) is 5.13. The highest BCUT2D eigenvalue weighted by Crippen LogP contribution is 2.24. The van der Waals surface area contributed by atoms with E-state index in [0.29, 0.717) is 23.7 Å². The van der Waals surface area contributed by atoms with Gasteiger partial charge in [-0.25, -0.2) is 0 Å². The van der Waals surface area contributed by atoms with Crippen LogP contribution in [0, 0.1) is 0 Å². The Morgan fingerprint density at radius 3 is 2.62 bits per heavy atom. The van der Waals surface area contributed by atoms with Crippen molar-refractivity contribution in [2.45, 2.75) is 19.3 Å². The molecule has 1 saturated heterocycles. The fraction of sp³-hybridized carbons (Fsp3) is 0.389. The van der Waals surface area contributed by atoms with Crippen molar-refractivity contribution in [3.8, 4) is 0 Å². The number of piperazine rings is 1. The third kappa shape index (κ3) is 2.84. The molecule has 0 radical (unpaired) electrons. The zero-order chi connectivity index (χ0) is 16.5. The van der Waals surface area contributed by atoms with Crippen LogP contribution in [0.2, 0.25) is 5.02 Å². The molecule has 24 heavy (non-hydrogen) atoms. The second-order valence-electron chi connectivity index (χ2n) is 6.29. The molecule has 124 valence electrons. The number of rotatable bonds is 2. The molecule has 0 spiro atoms. The molecule has 1 fully saturated rings. The van der Waals surface area contributed by atoms with Gasteiger partial charge in [-0.15, -0.1) is 5.10 Å². The quantitative estimate of drug-likeness (QED) is 0.841. The van der Waals surface area contributed by atoms with E-state index in [1.165, 1.54) is 12.0 Å². The zero-order valence-corrected chi connectivity index (χ0v) is 14.2. The number of halogens is 1. The third-order valence-electron chi connectivity index (χ3n) is 4.80. The van der Waals surface area contributed by atoms with Gasteiger partial charge >= 0.3 is 0 Å². The van der Waals surface area contributed by atoms with Crippen LogP contribution in [-0.4, -0.2) is 47.2 Å². The van der Waals surface area contributed by atoms with Gasteiger partial charge in [0.25, 0.3) is 5.91 Å². The molecule has 1 aromatic heterocycles. The van der Waals surface area contributed by atoms with Crippen molar-refractivity contribution in [2.24, 2.45) is 0 Å². The molecule has 0 saturated carbocycles. The van der Waals surface area contributed by atoms with Crippen LogP contribution in [0.1, 0.15) is 28.0 Å². The molecular formula is C18H19ClN4O. The number of hydrogen-bond donors (Lipinski definition) is 0. The van der Waals surface area contributed by atoms with E-state index in [1.54, 1.807) is 12.1 Å². The van der Waals surface area contributed by atoms with Crippen molar-refractivity contribution in [1.29, 1.82) is 0 Å². The molecule has 0 N–H and O–H groups in total. The molecule has 6 heteroatoms. The van der Waals surface area contributed by atoms with Crippen molar-refractivity contribution in [3.63, 3.8) is 0 Å². The SMILES string of the molecule is O=C(c1ccccc1Cl)N1CCN(c2cc3c(nn2)CCC3)CC1. The van der Waals surface area contributed by atoms with Gasteiger partial charge in [0.1, 0.15) is 0 Å². The highest BCUT2D eigenvalue weighted by atomic mass is 35.5. The van der Waals surface area contributed by atoms with Crippen molar-refractivity contribution in [3.05, 3.63) is 52.2 Å². The lowest BCUT2D eigenvalue weighted by molar-refractivity contribution is 0.0746. The Hall–Kier alpha value is -2.14. The monoisotopic (exact) mass is 342 g/mol. The normalized spacial score (nSPS) is 17.0. The van der Waals surface area contributed by atoms with Gasteiger partial charge in [-0.2, -0.15) is 5.10 Å². The summed E-state index contributed by atoms with van der Waals surface area (Å²) in [6.45, 7) is 2.87. The number of carbonyl (C=O) groups excluding carboxylic acids is 1. The van der Waals surface area contributed by atoms with Gasteiger partial charge in [0, 0.05) is 26.2 Å². The average Bonchev–Trinajstić information content (AvgIpc) is 3.09.